The first-order valence-corrected chi connectivity index (χ1v) is 17.2. The molecule has 15 atom stereocenters. The minimum Gasteiger partial charge on any atom is -0.393 e. The van der Waals surface area contributed by atoms with Gasteiger partial charge in [-0.2, -0.15) is 0 Å². The Kier molecular flexibility index (Phi) is 7.86. The summed E-state index contributed by atoms with van der Waals surface area (Å²) >= 11 is 0. The second-order valence-electron chi connectivity index (χ2n) is 17.3. The molecule has 6 rings (SSSR count). The Labute approximate surface area is 257 Å². The van der Waals surface area contributed by atoms with Crippen LogP contribution in [-0.4, -0.2) is 80.8 Å². The first-order chi connectivity index (χ1) is 20.0. The minimum absolute atomic E-state index is 0.0151. The van der Waals surface area contributed by atoms with E-state index in [1.807, 2.05) is 13.8 Å². The average molecular weight is 607 g/mol. The molecule has 6 aliphatic rings. The van der Waals surface area contributed by atoms with E-state index in [0.29, 0.717) is 24.7 Å². The van der Waals surface area contributed by atoms with Gasteiger partial charge in [0.2, 0.25) is 0 Å². The van der Waals surface area contributed by atoms with Gasteiger partial charge in [0.05, 0.1) is 24.9 Å². The van der Waals surface area contributed by atoms with Gasteiger partial charge in [-0.05, 0) is 96.7 Å². The van der Waals surface area contributed by atoms with Gasteiger partial charge in [-0.15, -0.1) is 0 Å². The summed E-state index contributed by atoms with van der Waals surface area (Å²) in [7, 11) is 0. The molecule has 1 saturated heterocycles. The molecule has 0 aromatic heterocycles. The van der Waals surface area contributed by atoms with Gasteiger partial charge in [0.15, 0.2) is 6.29 Å². The van der Waals surface area contributed by atoms with Gasteiger partial charge in [0.1, 0.15) is 24.1 Å². The predicted molar refractivity (Wildman–Crippen MR) is 161 cm³/mol. The maximum Gasteiger partial charge on any atom is 0.186 e. The standard InChI is InChI=1S/C35H58O8/c1-18(2)20(36)9-8-19(3)27-22(43-30-29(41)28(40)21(37)16-42-30)14-32(6)24-11-10-23-31(4,5)25(38)12-13-34(23)17-35(24,34)26(39)15-33(27,32)7/h18-19,21-30,37-41H,8-17H2,1-7H3. The van der Waals surface area contributed by atoms with Crippen LogP contribution in [0.2, 0.25) is 0 Å². The zero-order chi connectivity index (χ0) is 31.5. The van der Waals surface area contributed by atoms with E-state index in [4.69, 9.17) is 9.47 Å². The van der Waals surface area contributed by atoms with Gasteiger partial charge < -0.3 is 35.0 Å². The van der Waals surface area contributed by atoms with E-state index in [1.165, 1.54) is 0 Å². The van der Waals surface area contributed by atoms with Crippen molar-refractivity contribution in [2.75, 3.05) is 6.61 Å². The molecule has 15 unspecified atom stereocenters. The number of hydrogen-bond acceptors (Lipinski definition) is 8. The van der Waals surface area contributed by atoms with E-state index in [2.05, 4.69) is 34.6 Å². The fourth-order valence-electron chi connectivity index (χ4n) is 12.5. The fraction of sp³-hybridized carbons (Fsp3) is 0.971. The van der Waals surface area contributed by atoms with Crippen molar-refractivity contribution in [3.63, 3.8) is 0 Å². The number of fused-ring (bicyclic) bond motifs is 2. The molecule has 8 heteroatoms. The van der Waals surface area contributed by atoms with Crippen molar-refractivity contribution < 1.29 is 39.8 Å². The highest BCUT2D eigenvalue weighted by atomic mass is 16.7. The van der Waals surface area contributed by atoms with Crippen molar-refractivity contribution in [3.8, 4) is 0 Å². The number of aliphatic hydroxyl groups is 5. The molecule has 0 aromatic rings. The summed E-state index contributed by atoms with van der Waals surface area (Å²) in [6, 6.07) is 0. The Morgan fingerprint density at radius 2 is 1.56 bits per heavy atom. The van der Waals surface area contributed by atoms with Crippen LogP contribution < -0.4 is 0 Å². The molecule has 0 amide bonds. The molecule has 43 heavy (non-hydrogen) atoms. The Morgan fingerprint density at radius 3 is 2.23 bits per heavy atom. The molecule has 8 nitrogen and oxygen atoms in total. The van der Waals surface area contributed by atoms with E-state index in [9.17, 15) is 30.3 Å². The van der Waals surface area contributed by atoms with Gasteiger partial charge in [-0.1, -0.05) is 48.5 Å². The lowest BCUT2D eigenvalue weighted by atomic mass is 9.41. The summed E-state index contributed by atoms with van der Waals surface area (Å²) in [5, 5.41) is 54.6. The second-order valence-corrected chi connectivity index (χ2v) is 17.3. The lowest BCUT2D eigenvalue weighted by molar-refractivity contribution is -0.288. The summed E-state index contributed by atoms with van der Waals surface area (Å²) in [6.07, 6.45) is 1.56. The summed E-state index contributed by atoms with van der Waals surface area (Å²) < 4.78 is 12.4. The van der Waals surface area contributed by atoms with Crippen LogP contribution in [0.25, 0.3) is 0 Å². The van der Waals surface area contributed by atoms with Crippen molar-refractivity contribution in [2.45, 2.75) is 149 Å². The molecule has 6 fully saturated rings. The van der Waals surface area contributed by atoms with Gasteiger partial charge in [0.25, 0.3) is 0 Å². The number of aliphatic hydroxyl groups excluding tert-OH is 5. The van der Waals surface area contributed by atoms with E-state index in [-0.39, 0.29) is 69.4 Å². The maximum atomic E-state index is 12.7. The Morgan fingerprint density at radius 1 is 0.884 bits per heavy atom. The summed E-state index contributed by atoms with van der Waals surface area (Å²) in [6.45, 7) is 15.2. The molecule has 1 heterocycles. The molecule has 0 aromatic carbocycles. The summed E-state index contributed by atoms with van der Waals surface area (Å²) in [4.78, 5) is 12.7. The largest absolute Gasteiger partial charge is 0.393 e. The van der Waals surface area contributed by atoms with Crippen molar-refractivity contribution in [2.24, 2.45) is 56.7 Å². The fourth-order valence-corrected chi connectivity index (χ4v) is 12.5. The van der Waals surface area contributed by atoms with Crippen LogP contribution in [0.4, 0.5) is 0 Å². The molecule has 246 valence electrons. The molecule has 5 N–H and O–H groups in total. The Balaban J connectivity index is 1.35. The van der Waals surface area contributed by atoms with Crippen LogP contribution in [0.15, 0.2) is 0 Å². The van der Waals surface area contributed by atoms with Crippen LogP contribution in [0.5, 0.6) is 0 Å². The normalized spacial score (nSPS) is 54.3. The zero-order valence-electron chi connectivity index (χ0n) is 27.5. The van der Waals surface area contributed by atoms with Crippen LogP contribution in [0, 0.1) is 56.7 Å². The van der Waals surface area contributed by atoms with E-state index in [1.54, 1.807) is 0 Å². The molecule has 5 saturated carbocycles. The number of ether oxygens (including phenoxy) is 2. The van der Waals surface area contributed by atoms with E-state index in [0.717, 1.165) is 44.9 Å². The number of ketones is 1. The van der Waals surface area contributed by atoms with Gasteiger partial charge in [-0.3, -0.25) is 4.79 Å². The zero-order valence-corrected chi connectivity index (χ0v) is 27.5. The SMILES string of the molecule is CC(C)C(=O)CCC(C)C1C(OC2OCC(O)C(O)C2O)CC2(C)C3CCC4C(C)(C)C(O)CCC45CC35C(O)CC12C. The smallest absolute Gasteiger partial charge is 0.186 e. The van der Waals surface area contributed by atoms with Crippen molar-refractivity contribution >= 4 is 5.78 Å². The third-order valence-corrected chi connectivity index (χ3v) is 15.0. The molecule has 1 aliphatic heterocycles. The molecular formula is C35H58O8. The van der Waals surface area contributed by atoms with Crippen LogP contribution in [-0.2, 0) is 14.3 Å². The monoisotopic (exact) mass is 606 g/mol. The van der Waals surface area contributed by atoms with Crippen LogP contribution >= 0.6 is 0 Å². The number of carbonyl (C=O) groups is 1. The second kappa shape index (κ2) is 10.4. The molecular weight excluding hydrogens is 548 g/mol. The first-order valence-electron chi connectivity index (χ1n) is 17.2. The molecule has 2 spiro atoms. The lowest BCUT2D eigenvalue weighted by Gasteiger charge is -2.64. The topological polar surface area (TPSA) is 137 Å². The Bertz CT molecular complexity index is 1090. The van der Waals surface area contributed by atoms with Gasteiger partial charge in [-0.25, -0.2) is 0 Å². The van der Waals surface area contributed by atoms with Crippen LogP contribution in [0.3, 0.4) is 0 Å². The van der Waals surface area contributed by atoms with E-state index >= 15 is 0 Å². The number of carbonyl (C=O) groups excluding carboxylic acids is 1. The van der Waals surface area contributed by atoms with Crippen molar-refractivity contribution in [3.05, 3.63) is 0 Å². The highest BCUT2D eigenvalue weighted by molar-refractivity contribution is 5.80. The van der Waals surface area contributed by atoms with Crippen molar-refractivity contribution in [1.29, 1.82) is 0 Å². The molecule has 0 radical (unpaired) electrons. The number of rotatable bonds is 7. The summed E-state index contributed by atoms with van der Waals surface area (Å²) in [5.41, 5.74) is -0.682. The Hall–Kier alpha value is -0.610. The van der Waals surface area contributed by atoms with Crippen molar-refractivity contribution in [1.82, 2.24) is 0 Å². The number of hydrogen-bond donors (Lipinski definition) is 5. The van der Waals surface area contributed by atoms with Gasteiger partial charge in [0, 0.05) is 17.8 Å². The molecule has 0 bridgehead atoms. The molecule has 5 aliphatic carbocycles. The highest BCUT2D eigenvalue weighted by Gasteiger charge is 2.85. The number of Topliss-reactive ketones (excluding diaryl/α,β-unsaturated/α-hetero) is 1. The minimum atomic E-state index is -1.36. The average Bonchev–Trinajstić information content (AvgIpc) is 3.57. The summed E-state index contributed by atoms with van der Waals surface area (Å²) in [5.74, 6) is 1.08. The van der Waals surface area contributed by atoms with Crippen LogP contribution in [0.1, 0.15) is 106 Å². The lowest BCUT2D eigenvalue weighted by Crippen LogP contribution is -2.62. The maximum absolute atomic E-state index is 12.7. The van der Waals surface area contributed by atoms with E-state index < -0.39 is 30.7 Å². The first kappa shape index (κ1) is 32.3. The predicted octanol–water partition coefficient (Wildman–Crippen LogP) is 3.83. The van der Waals surface area contributed by atoms with Gasteiger partial charge >= 0.3 is 0 Å². The quantitative estimate of drug-likeness (QED) is 0.295. The third kappa shape index (κ3) is 4.29. The highest BCUT2D eigenvalue weighted by Crippen LogP contribution is 2.89. The third-order valence-electron chi connectivity index (χ3n) is 15.0.